The van der Waals surface area contributed by atoms with Gasteiger partial charge in [-0.15, -0.1) is 5.10 Å². The predicted molar refractivity (Wildman–Crippen MR) is 66.5 cm³/mol. The Labute approximate surface area is 98.6 Å². The first-order valence-electron chi connectivity index (χ1n) is 5.13. The molecule has 84 valence electrons. The van der Waals surface area contributed by atoms with Gasteiger partial charge in [-0.3, -0.25) is 4.57 Å². The van der Waals surface area contributed by atoms with E-state index >= 15 is 0 Å². The molecule has 0 radical (unpaired) electrons. The second kappa shape index (κ2) is 4.17. The summed E-state index contributed by atoms with van der Waals surface area (Å²) in [6.45, 7) is 0.884. The van der Waals surface area contributed by atoms with Crippen LogP contribution in [0.25, 0.3) is 0 Å². The van der Waals surface area contributed by atoms with Crippen LogP contribution in [-0.2, 0) is 6.54 Å². The molecular formula is C9H16N4S2. The number of anilines is 1. The summed E-state index contributed by atoms with van der Waals surface area (Å²) in [5, 5.41) is 6.67. The van der Waals surface area contributed by atoms with Crippen LogP contribution in [0.3, 0.4) is 0 Å². The molecule has 0 aromatic carbocycles. The van der Waals surface area contributed by atoms with Gasteiger partial charge in [-0.2, -0.15) is 11.8 Å². The Kier molecular flexibility index (Phi) is 3.06. The van der Waals surface area contributed by atoms with Crippen molar-refractivity contribution in [2.24, 2.45) is 0 Å². The van der Waals surface area contributed by atoms with Crippen LogP contribution in [0.15, 0.2) is 0 Å². The lowest BCUT2D eigenvalue weighted by Crippen LogP contribution is -2.27. The summed E-state index contributed by atoms with van der Waals surface area (Å²) in [6.07, 6.45) is 7.30. The van der Waals surface area contributed by atoms with Crippen molar-refractivity contribution in [2.75, 3.05) is 12.0 Å². The number of nitrogens with one attached hydrogen (secondary N) is 1. The third-order valence-corrected chi connectivity index (χ3v) is 4.90. The number of hydrogen-bond acceptors (Lipinski definition) is 4. The zero-order chi connectivity index (χ0) is 10.9. The third-order valence-electron chi connectivity index (χ3n) is 3.18. The number of aromatic amines is 1. The zero-order valence-corrected chi connectivity index (χ0v) is 10.5. The molecule has 15 heavy (non-hydrogen) atoms. The number of nitrogens with zero attached hydrogens (tertiary/aromatic N) is 2. The minimum atomic E-state index is 0.316. The van der Waals surface area contributed by atoms with Gasteiger partial charge in [-0.1, -0.05) is 12.8 Å². The molecule has 1 aromatic heterocycles. The Morgan fingerprint density at radius 3 is 2.73 bits per heavy atom. The average molecular weight is 244 g/mol. The fourth-order valence-corrected chi connectivity index (χ4v) is 3.38. The van der Waals surface area contributed by atoms with Crippen LogP contribution in [0.4, 0.5) is 5.95 Å². The molecule has 4 nitrogen and oxygen atoms in total. The van der Waals surface area contributed by atoms with Crippen LogP contribution in [0.5, 0.6) is 0 Å². The molecule has 1 aromatic rings. The summed E-state index contributed by atoms with van der Waals surface area (Å²) in [6, 6.07) is 0. The highest BCUT2D eigenvalue weighted by Crippen LogP contribution is 2.41. The van der Waals surface area contributed by atoms with E-state index in [4.69, 9.17) is 18.0 Å². The SMILES string of the molecule is CSC1(Cn2c(N)n[nH]c2=S)CCCC1. The standard InChI is InChI=1S/C9H16N4S2/c1-15-9(4-2-3-5-9)6-13-7(10)11-12-8(13)14/h2-6H2,1H3,(H2,10,11)(H,12,14). The second-order valence-corrected chi connectivity index (χ2v) is 5.73. The van der Waals surface area contributed by atoms with Gasteiger partial charge < -0.3 is 5.73 Å². The normalized spacial score (nSPS) is 19.5. The molecule has 0 aliphatic heterocycles. The Bertz CT molecular complexity index is 389. The summed E-state index contributed by atoms with van der Waals surface area (Å²) < 4.78 is 2.86. The molecule has 1 fully saturated rings. The lowest BCUT2D eigenvalue weighted by Gasteiger charge is -2.27. The largest absolute Gasteiger partial charge is 0.368 e. The zero-order valence-electron chi connectivity index (χ0n) is 8.82. The van der Waals surface area contributed by atoms with E-state index in [1.807, 2.05) is 16.3 Å². The minimum Gasteiger partial charge on any atom is -0.368 e. The number of H-pyrrole nitrogens is 1. The van der Waals surface area contributed by atoms with Gasteiger partial charge in [-0.05, 0) is 31.3 Å². The van der Waals surface area contributed by atoms with Gasteiger partial charge in [0.15, 0.2) is 4.77 Å². The first-order valence-corrected chi connectivity index (χ1v) is 6.76. The Hall–Kier alpha value is -0.490. The molecule has 1 aliphatic rings. The van der Waals surface area contributed by atoms with Crippen molar-refractivity contribution in [1.82, 2.24) is 14.8 Å². The van der Waals surface area contributed by atoms with E-state index in [1.165, 1.54) is 25.7 Å². The van der Waals surface area contributed by atoms with Gasteiger partial charge >= 0.3 is 0 Å². The lowest BCUT2D eigenvalue weighted by atomic mass is 10.1. The maximum atomic E-state index is 5.78. The molecular weight excluding hydrogens is 228 g/mol. The van der Waals surface area contributed by atoms with Crippen molar-refractivity contribution in [3.8, 4) is 0 Å². The number of nitrogen functional groups attached to an aromatic ring is 1. The highest BCUT2D eigenvalue weighted by molar-refractivity contribution is 8.00. The molecule has 0 spiro atoms. The Morgan fingerprint density at radius 1 is 1.60 bits per heavy atom. The fraction of sp³-hybridized carbons (Fsp3) is 0.778. The predicted octanol–water partition coefficient (Wildman–Crippen LogP) is 2.20. The summed E-state index contributed by atoms with van der Waals surface area (Å²) in [5.41, 5.74) is 5.78. The van der Waals surface area contributed by atoms with Crippen LogP contribution in [0, 0.1) is 4.77 Å². The number of nitrogens with two attached hydrogens (primary N) is 1. The van der Waals surface area contributed by atoms with E-state index in [0.29, 0.717) is 15.5 Å². The summed E-state index contributed by atoms with van der Waals surface area (Å²) in [7, 11) is 0. The molecule has 0 saturated heterocycles. The summed E-state index contributed by atoms with van der Waals surface area (Å²) in [5.74, 6) is 0.500. The van der Waals surface area contributed by atoms with Gasteiger partial charge in [0.2, 0.25) is 5.95 Å². The maximum Gasteiger partial charge on any atom is 0.220 e. The molecule has 0 atom stereocenters. The van der Waals surface area contributed by atoms with Gasteiger partial charge in [-0.25, -0.2) is 5.10 Å². The lowest BCUT2D eigenvalue weighted by molar-refractivity contribution is 0.505. The van der Waals surface area contributed by atoms with Crippen molar-refractivity contribution < 1.29 is 0 Å². The van der Waals surface area contributed by atoms with Crippen LogP contribution in [0.1, 0.15) is 25.7 Å². The van der Waals surface area contributed by atoms with E-state index in [-0.39, 0.29) is 0 Å². The number of aromatic nitrogens is 3. The first kappa shape index (κ1) is 11.0. The Balaban J connectivity index is 2.23. The average Bonchev–Trinajstić information content (AvgIpc) is 2.81. The summed E-state index contributed by atoms with van der Waals surface area (Å²) in [4.78, 5) is 0. The van der Waals surface area contributed by atoms with Gasteiger partial charge in [0.1, 0.15) is 0 Å². The number of hydrogen-bond donors (Lipinski definition) is 2. The van der Waals surface area contributed by atoms with Crippen molar-refractivity contribution in [2.45, 2.75) is 37.0 Å². The van der Waals surface area contributed by atoms with E-state index in [2.05, 4.69) is 16.5 Å². The molecule has 1 aliphatic carbocycles. The van der Waals surface area contributed by atoms with Crippen LogP contribution in [-0.4, -0.2) is 25.8 Å². The van der Waals surface area contributed by atoms with Crippen molar-refractivity contribution in [3.63, 3.8) is 0 Å². The second-order valence-electron chi connectivity index (χ2n) is 4.07. The van der Waals surface area contributed by atoms with Crippen molar-refractivity contribution in [1.29, 1.82) is 0 Å². The molecule has 0 amide bonds. The maximum absolute atomic E-state index is 5.78. The summed E-state index contributed by atoms with van der Waals surface area (Å²) >= 11 is 7.09. The smallest absolute Gasteiger partial charge is 0.220 e. The highest BCUT2D eigenvalue weighted by atomic mass is 32.2. The molecule has 2 rings (SSSR count). The first-order chi connectivity index (χ1) is 7.17. The van der Waals surface area contributed by atoms with E-state index in [1.54, 1.807) is 0 Å². The molecule has 1 heterocycles. The molecule has 3 N–H and O–H groups in total. The van der Waals surface area contributed by atoms with E-state index < -0.39 is 0 Å². The molecule has 1 saturated carbocycles. The number of rotatable bonds is 3. The highest BCUT2D eigenvalue weighted by Gasteiger charge is 2.34. The quantitative estimate of drug-likeness (QED) is 0.800. The van der Waals surface area contributed by atoms with Gasteiger partial charge in [0.25, 0.3) is 0 Å². The fourth-order valence-electron chi connectivity index (χ4n) is 2.22. The monoisotopic (exact) mass is 244 g/mol. The van der Waals surface area contributed by atoms with Crippen LogP contribution in [0.2, 0.25) is 0 Å². The van der Waals surface area contributed by atoms with E-state index in [0.717, 1.165) is 6.54 Å². The molecule has 0 unspecified atom stereocenters. The third kappa shape index (κ3) is 2.06. The minimum absolute atomic E-state index is 0.316. The van der Waals surface area contributed by atoms with Crippen molar-refractivity contribution >= 4 is 29.9 Å². The topological polar surface area (TPSA) is 59.6 Å². The Morgan fingerprint density at radius 2 is 2.27 bits per heavy atom. The molecule has 6 heteroatoms. The van der Waals surface area contributed by atoms with E-state index in [9.17, 15) is 0 Å². The van der Waals surface area contributed by atoms with Gasteiger partial charge in [0, 0.05) is 11.3 Å². The van der Waals surface area contributed by atoms with Gasteiger partial charge in [0.05, 0.1) is 0 Å². The van der Waals surface area contributed by atoms with Crippen LogP contribution < -0.4 is 5.73 Å². The van der Waals surface area contributed by atoms with Crippen molar-refractivity contribution in [3.05, 3.63) is 4.77 Å². The van der Waals surface area contributed by atoms with Crippen LogP contribution >= 0.6 is 24.0 Å². The molecule has 0 bridgehead atoms. The number of thioether (sulfide) groups is 1.